The van der Waals surface area contributed by atoms with Gasteiger partial charge in [-0.3, -0.25) is 4.79 Å². The lowest BCUT2D eigenvalue weighted by atomic mass is 9.77. The van der Waals surface area contributed by atoms with Crippen molar-refractivity contribution < 1.29 is 0 Å². The molecule has 0 spiro atoms. The Balaban J connectivity index is 1.89. The molecule has 4 rings (SSSR count). The topological polar surface area (TPSA) is 40.9 Å². The third kappa shape index (κ3) is 2.88. The molecule has 0 saturated heterocycles. The molecule has 124 valence electrons. The van der Waals surface area contributed by atoms with Crippen LogP contribution in [0.1, 0.15) is 36.3 Å². The second-order valence-corrected chi connectivity index (χ2v) is 8.71. The van der Waals surface area contributed by atoms with Crippen LogP contribution >= 0.6 is 11.3 Å². The second-order valence-electron chi connectivity index (χ2n) is 7.58. The number of hydrogen-bond acceptors (Lipinski definition) is 3. The molecule has 1 aliphatic carbocycles. The van der Waals surface area contributed by atoms with Gasteiger partial charge in [-0.1, -0.05) is 32.0 Å². The Kier molecular flexibility index (Phi) is 3.74. The number of rotatable bonds is 1. The van der Waals surface area contributed by atoms with Crippen LogP contribution in [0.25, 0.3) is 21.2 Å². The SMILES string of the molecule is CC1(C)CCc2c(sc3cc(-c4cccc(C#N)c4)ccc3c2=O)C1. The van der Waals surface area contributed by atoms with E-state index in [1.54, 1.807) is 17.4 Å². The maximum Gasteiger partial charge on any atom is 0.191 e. The number of benzene rings is 2. The molecule has 1 aliphatic rings. The zero-order chi connectivity index (χ0) is 17.6. The Hall–Kier alpha value is -2.44. The van der Waals surface area contributed by atoms with E-state index in [4.69, 9.17) is 5.26 Å². The van der Waals surface area contributed by atoms with Crippen LogP contribution in [0.5, 0.6) is 0 Å². The van der Waals surface area contributed by atoms with Gasteiger partial charge in [-0.15, -0.1) is 11.3 Å². The molecule has 0 N–H and O–H groups in total. The maximum atomic E-state index is 12.9. The largest absolute Gasteiger partial charge is 0.289 e. The van der Waals surface area contributed by atoms with Crippen molar-refractivity contribution in [3.05, 3.63) is 68.7 Å². The number of fused-ring (bicyclic) bond motifs is 2. The summed E-state index contributed by atoms with van der Waals surface area (Å²) >= 11 is 1.76. The minimum absolute atomic E-state index is 0.205. The van der Waals surface area contributed by atoms with E-state index >= 15 is 0 Å². The molecule has 0 radical (unpaired) electrons. The quantitative estimate of drug-likeness (QED) is 0.599. The molecule has 0 saturated carbocycles. The predicted octanol–water partition coefficient (Wildman–Crippen LogP) is 5.32. The van der Waals surface area contributed by atoms with E-state index in [-0.39, 0.29) is 10.8 Å². The standard InChI is InChI=1S/C22H19NOS/c1-22(2)9-8-18-20(12-22)25-19-11-16(6-7-17(19)21(18)24)15-5-3-4-14(10-15)13-23/h3-7,10-11H,8-9,12H2,1-2H3. The minimum atomic E-state index is 0.205. The van der Waals surface area contributed by atoms with Crippen molar-refractivity contribution in [2.75, 3.05) is 0 Å². The summed E-state index contributed by atoms with van der Waals surface area (Å²) in [7, 11) is 0. The first-order valence-electron chi connectivity index (χ1n) is 8.56. The molecular weight excluding hydrogens is 326 g/mol. The van der Waals surface area contributed by atoms with Gasteiger partial charge in [0.25, 0.3) is 0 Å². The Morgan fingerprint density at radius 3 is 2.72 bits per heavy atom. The predicted molar refractivity (Wildman–Crippen MR) is 104 cm³/mol. The van der Waals surface area contributed by atoms with E-state index in [9.17, 15) is 4.79 Å². The van der Waals surface area contributed by atoms with E-state index in [0.29, 0.717) is 5.56 Å². The fourth-order valence-electron chi connectivity index (χ4n) is 3.61. The van der Waals surface area contributed by atoms with E-state index in [2.05, 4.69) is 26.0 Å². The van der Waals surface area contributed by atoms with Crippen molar-refractivity contribution in [1.82, 2.24) is 0 Å². The van der Waals surface area contributed by atoms with E-state index < -0.39 is 0 Å². The average Bonchev–Trinajstić information content (AvgIpc) is 2.60. The normalized spacial score (nSPS) is 15.6. The Morgan fingerprint density at radius 1 is 1.12 bits per heavy atom. The minimum Gasteiger partial charge on any atom is -0.289 e. The molecule has 0 unspecified atom stereocenters. The molecule has 0 atom stereocenters. The smallest absolute Gasteiger partial charge is 0.191 e. The van der Waals surface area contributed by atoms with Gasteiger partial charge in [-0.25, -0.2) is 0 Å². The van der Waals surface area contributed by atoms with Crippen LogP contribution in [0.4, 0.5) is 0 Å². The van der Waals surface area contributed by atoms with Crippen LogP contribution in [0.3, 0.4) is 0 Å². The molecule has 0 aliphatic heterocycles. The molecule has 25 heavy (non-hydrogen) atoms. The summed E-state index contributed by atoms with van der Waals surface area (Å²) in [5, 5.41) is 9.93. The molecule has 3 aromatic rings. The van der Waals surface area contributed by atoms with E-state index in [0.717, 1.165) is 46.0 Å². The van der Waals surface area contributed by atoms with Gasteiger partial charge < -0.3 is 0 Å². The Morgan fingerprint density at radius 2 is 1.92 bits per heavy atom. The Labute approximate surface area is 151 Å². The highest BCUT2D eigenvalue weighted by Crippen LogP contribution is 2.38. The number of hydrogen-bond donors (Lipinski definition) is 0. The van der Waals surface area contributed by atoms with Crippen LogP contribution in [0.2, 0.25) is 0 Å². The van der Waals surface area contributed by atoms with Gasteiger partial charge in [-0.2, -0.15) is 5.26 Å². The summed E-state index contributed by atoms with van der Waals surface area (Å²) in [6.07, 6.45) is 2.94. The average molecular weight is 345 g/mol. The lowest BCUT2D eigenvalue weighted by Crippen LogP contribution is -2.26. The first-order chi connectivity index (χ1) is 12.0. The van der Waals surface area contributed by atoms with Crippen molar-refractivity contribution in [1.29, 1.82) is 5.26 Å². The zero-order valence-corrected chi connectivity index (χ0v) is 15.2. The van der Waals surface area contributed by atoms with Gasteiger partial charge in [0.05, 0.1) is 11.6 Å². The summed E-state index contributed by atoms with van der Waals surface area (Å²) < 4.78 is 1.04. The molecule has 1 aromatic heterocycles. The lowest BCUT2D eigenvalue weighted by molar-refractivity contribution is 0.318. The second kappa shape index (κ2) is 5.82. The monoisotopic (exact) mass is 345 g/mol. The van der Waals surface area contributed by atoms with Crippen molar-refractivity contribution in [2.24, 2.45) is 5.41 Å². The van der Waals surface area contributed by atoms with Gasteiger partial charge in [0.1, 0.15) is 0 Å². The van der Waals surface area contributed by atoms with Gasteiger partial charge in [0, 0.05) is 20.5 Å². The Bertz CT molecular complexity index is 1090. The van der Waals surface area contributed by atoms with Gasteiger partial charge in [0.15, 0.2) is 5.43 Å². The van der Waals surface area contributed by atoms with Crippen LogP contribution in [0, 0.1) is 16.7 Å². The first kappa shape index (κ1) is 16.1. The summed E-state index contributed by atoms with van der Waals surface area (Å²) in [4.78, 5) is 14.1. The van der Waals surface area contributed by atoms with E-state index in [1.165, 1.54) is 4.88 Å². The van der Waals surface area contributed by atoms with E-state index in [1.807, 2.05) is 30.3 Å². The summed E-state index contributed by atoms with van der Waals surface area (Å²) in [6, 6.07) is 15.8. The highest BCUT2D eigenvalue weighted by atomic mass is 32.1. The van der Waals surface area contributed by atoms with Gasteiger partial charge in [-0.05, 0) is 60.1 Å². The first-order valence-corrected chi connectivity index (χ1v) is 9.38. The third-order valence-electron chi connectivity index (χ3n) is 5.09. The summed E-state index contributed by atoms with van der Waals surface area (Å²) in [5.74, 6) is 0. The number of nitrogens with zero attached hydrogens (tertiary/aromatic N) is 1. The molecular formula is C22H19NOS. The molecule has 0 amide bonds. The molecule has 1 heterocycles. The molecule has 2 aromatic carbocycles. The third-order valence-corrected chi connectivity index (χ3v) is 6.28. The van der Waals surface area contributed by atoms with Crippen LogP contribution in [0.15, 0.2) is 47.3 Å². The molecule has 0 bridgehead atoms. The highest BCUT2D eigenvalue weighted by molar-refractivity contribution is 7.18. The number of nitriles is 1. The fraction of sp³-hybridized carbons (Fsp3) is 0.273. The summed E-state index contributed by atoms with van der Waals surface area (Å²) in [5.41, 5.74) is 4.21. The summed E-state index contributed by atoms with van der Waals surface area (Å²) in [6.45, 7) is 4.56. The van der Waals surface area contributed by atoms with Crippen molar-refractivity contribution in [3.63, 3.8) is 0 Å². The maximum absolute atomic E-state index is 12.9. The van der Waals surface area contributed by atoms with Crippen molar-refractivity contribution in [3.8, 4) is 17.2 Å². The molecule has 3 heteroatoms. The van der Waals surface area contributed by atoms with Crippen LogP contribution in [-0.4, -0.2) is 0 Å². The molecule has 0 fully saturated rings. The molecule has 2 nitrogen and oxygen atoms in total. The highest BCUT2D eigenvalue weighted by Gasteiger charge is 2.28. The van der Waals surface area contributed by atoms with Gasteiger partial charge in [0.2, 0.25) is 0 Å². The fourth-order valence-corrected chi connectivity index (χ4v) is 5.11. The zero-order valence-electron chi connectivity index (χ0n) is 14.4. The van der Waals surface area contributed by atoms with Crippen LogP contribution in [-0.2, 0) is 12.8 Å². The van der Waals surface area contributed by atoms with Crippen molar-refractivity contribution in [2.45, 2.75) is 33.1 Å². The van der Waals surface area contributed by atoms with Crippen molar-refractivity contribution >= 4 is 21.4 Å². The van der Waals surface area contributed by atoms with Gasteiger partial charge >= 0.3 is 0 Å². The lowest BCUT2D eigenvalue weighted by Gasteiger charge is -2.30. The van der Waals surface area contributed by atoms with Crippen LogP contribution < -0.4 is 5.43 Å².